The number of para-hydroxylation sites is 1. The Balaban J connectivity index is 1.52. The van der Waals surface area contributed by atoms with Gasteiger partial charge in [0.15, 0.2) is 0 Å². The summed E-state index contributed by atoms with van der Waals surface area (Å²) in [5.41, 5.74) is 1.84. The number of esters is 1. The van der Waals surface area contributed by atoms with Crippen LogP contribution in [-0.4, -0.2) is 94.0 Å². The zero-order chi connectivity index (χ0) is 35.6. The number of carbonyl (C=O) groups excluding carboxylic acids is 4. The molecule has 0 radical (unpaired) electrons. The van der Waals surface area contributed by atoms with Crippen molar-refractivity contribution >= 4 is 45.3 Å². The molecule has 3 aliphatic heterocycles. The van der Waals surface area contributed by atoms with Gasteiger partial charge in [-0.25, -0.2) is 0 Å². The highest BCUT2D eigenvalue weighted by molar-refractivity contribution is 9.09. The number of rotatable bonds is 14. The number of anilines is 1. The van der Waals surface area contributed by atoms with Crippen LogP contribution in [0.3, 0.4) is 0 Å². The monoisotopic (exact) mass is 735 g/mol. The van der Waals surface area contributed by atoms with E-state index in [0.29, 0.717) is 24.1 Å². The number of carbonyl (C=O) groups is 4. The molecule has 1 spiro atoms. The van der Waals surface area contributed by atoms with Gasteiger partial charge in [0, 0.05) is 37.1 Å². The van der Waals surface area contributed by atoms with Crippen molar-refractivity contribution in [3.63, 3.8) is 0 Å². The fourth-order valence-electron chi connectivity index (χ4n) is 7.95. The lowest BCUT2D eigenvalue weighted by Crippen LogP contribution is -2.57. The van der Waals surface area contributed by atoms with Gasteiger partial charge in [0.25, 0.3) is 5.91 Å². The number of ether oxygens (including phenoxy) is 2. The lowest BCUT2D eigenvalue weighted by Gasteiger charge is -2.38. The minimum absolute atomic E-state index is 0.105. The van der Waals surface area contributed by atoms with Gasteiger partial charge in [-0.05, 0) is 50.3 Å². The van der Waals surface area contributed by atoms with E-state index in [1.54, 1.807) is 29.0 Å². The average Bonchev–Trinajstić information content (AvgIpc) is 3.68. The van der Waals surface area contributed by atoms with Crippen molar-refractivity contribution in [2.24, 2.45) is 11.8 Å². The molecule has 10 nitrogen and oxygen atoms in total. The normalized spacial score (nSPS) is 26.5. The number of halogens is 1. The Hall–Kier alpha value is -3.80. The first-order valence-electron chi connectivity index (χ1n) is 16.8. The molecule has 2 bridgehead atoms. The number of likely N-dealkylation sites (N-methyl/N-ethyl adjacent to an activating group) is 1. The lowest BCUT2D eigenvalue weighted by molar-refractivity contribution is -0.164. The molecule has 3 amide bonds. The van der Waals surface area contributed by atoms with Crippen molar-refractivity contribution in [2.45, 2.75) is 74.8 Å². The van der Waals surface area contributed by atoms with Gasteiger partial charge in [0.2, 0.25) is 11.8 Å². The van der Waals surface area contributed by atoms with Crippen LogP contribution < -0.4 is 4.90 Å². The molecule has 1 N–H and O–H groups in total. The largest absolute Gasteiger partial charge is 0.455 e. The van der Waals surface area contributed by atoms with Gasteiger partial charge in [0.1, 0.15) is 17.7 Å². The number of aliphatic hydroxyl groups excluding tert-OH is 1. The number of hydrogen-bond acceptors (Lipinski definition) is 7. The smallest absolute Gasteiger partial charge is 0.313 e. The van der Waals surface area contributed by atoms with Crippen molar-refractivity contribution in [2.75, 3.05) is 31.6 Å². The van der Waals surface area contributed by atoms with Gasteiger partial charge < -0.3 is 29.3 Å². The third-order valence-electron chi connectivity index (χ3n) is 10.3. The standard InChI is InChI=1S/C38H46BrN3O7/c1-7-9-18-28(44)40(6)25(5)32(26-16-11-10-12-17-26)48-37(47)29-30-35(45)42(20-21-43)34(38(30)22-27(39)33(29)49-38)36(46)41(19-8-2)31-23(3)14-13-15-24(31)4/h7-8,10-17,25,27,29-30,32-34,43H,1-2,9,18-22H2,3-6H3/t25-,27?,29+,30-,32+,33+,34+,38-/m0/s1. The molecule has 262 valence electrons. The van der Waals surface area contributed by atoms with E-state index < -0.39 is 53.6 Å². The molecule has 0 saturated carbocycles. The van der Waals surface area contributed by atoms with E-state index in [1.807, 2.05) is 69.3 Å². The number of likely N-dealkylation sites (tertiary alicyclic amines) is 1. The molecule has 1 unspecified atom stereocenters. The Morgan fingerprint density at radius 1 is 1.12 bits per heavy atom. The number of benzene rings is 2. The number of alkyl halides is 1. The van der Waals surface area contributed by atoms with Gasteiger partial charge in [0.05, 0.1) is 30.6 Å². The summed E-state index contributed by atoms with van der Waals surface area (Å²) in [5.74, 6) is -3.60. The van der Waals surface area contributed by atoms with E-state index >= 15 is 0 Å². The third-order valence-corrected chi connectivity index (χ3v) is 11.1. The van der Waals surface area contributed by atoms with Crippen LogP contribution in [-0.2, 0) is 28.7 Å². The number of aliphatic hydroxyl groups is 1. The minimum atomic E-state index is -1.34. The Kier molecular flexibility index (Phi) is 11.2. The summed E-state index contributed by atoms with van der Waals surface area (Å²) < 4.78 is 13.0. The quantitative estimate of drug-likeness (QED) is 0.171. The SMILES string of the molecule is C=CCCC(=O)N(C)[C@@H](C)[C@@H](OC(=O)[C@H]1[C@@H]2O[C@@]3(CC2Br)[C@@H]1C(=O)N(CCO)[C@@H]3C(=O)N(CC=C)c1c(C)cccc1C)c1ccccc1. The maximum absolute atomic E-state index is 14.8. The fourth-order valence-corrected chi connectivity index (χ4v) is 8.89. The van der Waals surface area contributed by atoms with Crippen molar-refractivity contribution in [1.29, 1.82) is 0 Å². The first-order valence-corrected chi connectivity index (χ1v) is 17.7. The summed E-state index contributed by atoms with van der Waals surface area (Å²) in [6.45, 7) is 13.0. The van der Waals surface area contributed by atoms with Gasteiger partial charge >= 0.3 is 5.97 Å². The summed E-state index contributed by atoms with van der Waals surface area (Å²) in [5, 5.41) is 10.1. The summed E-state index contributed by atoms with van der Waals surface area (Å²) in [4.78, 5) is 60.9. The molecule has 3 fully saturated rings. The van der Waals surface area contributed by atoms with Crippen LogP contribution in [0.4, 0.5) is 5.69 Å². The van der Waals surface area contributed by atoms with Gasteiger partial charge in [-0.15, -0.1) is 13.2 Å². The third kappa shape index (κ3) is 6.48. The van der Waals surface area contributed by atoms with Gasteiger partial charge in [-0.1, -0.05) is 76.6 Å². The Morgan fingerprint density at radius 2 is 1.80 bits per heavy atom. The predicted octanol–water partition coefficient (Wildman–Crippen LogP) is 4.66. The molecule has 3 aliphatic rings. The summed E-state index contributed by atoms with van der Waals surface area (Å²) >= 11 is 3.72. The predicted molar refractivity (Wildman–Crippen MR) is 190 cm³/mol. The Bertz CT molecular complexity index is 1580. The minimum Gasteiger partial charge on any atom is -0.455 e. The van der Waals surface area contributed by atoms with Crippen LogP contribution in [0.15, 0.2) is 73.8 Å². The van der Waals surface area contributed by atoms with E-state index in [-0.39, 0.29) is 42.8 Å². The van der Waals surface area contributed by atoms with E-state index in [9.17, 15) is 24.3 Å². The van der Waals surface area contributed by atoms with Crippen LogP contribution in [0, 0.1) is 25.7 Å². The number of hydrogen-bond donors (Lipinski definition) is 1. The van der Waals surface area contributed by atoms with Crippen molar-refractivity contribution < 1.29 is 33.8 Å². The average molecular weight is 737 g/mol. The molecule has 0 aliphatic carbocycles. The first-order chi connectivity index (χ1) is 23.4. The molecule has 0 aromatic heterocycles. The van der Waals surface area contributed by atoms with Gasteiger partial charge in [-0.3, -0.25) is 19.2 Å². The number of allylic oxidation sites excluding steroid dienone is 1. The molecule has 3 saturated heterocycles. The van der Waals surface area contributed by atoms with Gasteiger partial charge in [-0.2, -0.15) is 0 Å². The number of amides is 3. The number of aryl methyl sites for hydroxylation is 2. The molecular formula is C38H46BrN3O7. The molecule has 3 heterocycles. The maximum atomic E-state index is 14.8. The van der Waals surface area contributed by atoms with Crippen molar-refractivity contribution in [1.82, 2.24) is 9.80 Å². The zero-order valence-corrected chi connectivity index (χ0v) is 30.2. The summed E-state index contributed by atoms with van der Waals surface area (Å²) in [6, 6.07) is 13.3. The van der Waals surface area contributed by atoms with Crippen LogP contribution >= 0.6 is 15.9 Å². The van der Waals surface area contributed by atoms with Crippen LogP contribution in [0.25, 0.3) is 0 Å². The second-order valence-electron chi connectivity index (χ2n) is 13.2. The molecule has 49 heavy (non-hydrogen) atoms. The highest BCUT2D eigenvalue weighted by Crippen LogP contribution is 2.60. The summed E-state index contributed by atoms with van der Waals surface area (Å²) in [6.07, 6.45) is 2.83. The second-order valence-corrected chi connectivity index (χ2v) is 14.4. The Morgan fingerprint density at radius 3 is 2.41 bits per heavy atom. The number of β-amino-alcohol motifs (C(OH)–C–C–N with tert-alkyl or cyclic N) is 1. The molecule has 8 atom stereocenters. The molecule has 2 aromatic carbocycles. The highest BCUT2D eigenvalue weighted by Gasteiger charge is 2.77. The highest BCUT2D eigenvalue weighted by atomic mass is 79.9. The first kappa shape index (κ1) is 36.5. The maximum Gasteiger partial charge on any atom is 0.313 e. The van der Waals surface area contributed by atoms with E-state index in [4.69, 9.17) is 9.47 Å². The molecule has 11 heteroatoms. The van der Waals surface area contributed by atoms with Crippen LogP contribution in [0.1, 0.15) is 49.0 Å². The summed E-state index contributed by atoms with van der Waals surface area (Å²) in [7, 11) is 1.68. The number of nitrogens with zero attached hydrogens (tertiary/aromatic N) is 3. The van der Waals surface area contributed by atoms with E-state index in [0.717, 1.165) is 11.1 Å². The Labute approximate surface area is 296 Å². The van der Waals surface area contributed by atoms with E-state index in [2.05, 4.69) is 29.1 Å². The van der Waals surface area contributed by atoms with Crippen LogP contribution in [0.2, 0.25) is 0 Å². The fraction of sp³-hybridized carbons (Fsp3) is 0.474. The van der Waals surface area contributed by atoms with Crippen LogP contribution in [0.5, 0.6) is 0 Å². The molecule has 2 aromatic rings. The second kappa shape index (κ2) is 15.0. The molecular weight excluding hydrogens is 690 g/mol. The topological polar surface area (TPSA) is 117 Å². The number of fused-ring (bicyclic) bond motifs is 1. The molecule has 5 rings (SSSR count). The van der Waals surface area contributed by atoms with Crippen molar-refractivity contribution in [3.05, 3.63) is 90.5 Å². The van der Waals surface area contributed by atoms with E-state index in [1.165, 1.54) is 4.90 Å². The lowest BCUT2D eigenvalue weighted by atomic mass is 9.70. The zero-order valence-electron chi connectivity index (χ0n) is 28.6. The van der Waals surface area contributed by atoms with Crippen molar-refractivity contribution in [3.8, 4) is 0 Å².